The molecule has 0 aromatic heterocycles. The summed E-state index contributed by atoms with van der Waals surface area (Å²) in [6.07, 6.45) is -0.630. The molecular weight excluding hydrogens is 333 g/mol. The number of alkyl halides is 1. The molecule has 0 heterocycles. The van der Waals surface area contributed by atoms with Gasteiger partial charge in [0.1, 0.15) is 6.17 Å². The minimum absolute atomic E-state index is 0.380. The Morgan fingerprint density at radius 2 is 1.26 bits per heavy atom. The summed E-state index contributed by atoms with van der Waals surface area (Å²) in [6, 6.07) is 30.3. The van der Waals surface area contributed by atoms with Crippen LogP contribution in [0.3, 0.4) is 0 Å². The molecule has 0 saturated carbocycles. The molecule has 1 nitrogen and oxygen atoms in total. The summed E-state index contributed by atoms with van der Waals surface area (Å²) in [5.74, 6) is 0. The first-order valence-electron chi connectivity index (χ1n) is 9.24. The molecular formula is C25H22FN. The van der Waals surface area contributed by atoms with Crippen molar-refractivity contribution in [1.29, 1.82) is 0 Å². The molecule has 2 heteroatoms. The maximum atomic E-state index is 14.8. The van der Waals surface area contributed by atoms with Crippen molar-refractivity contribution in [3.8, 4) is 11.1 Å². The van der Waals surface area contributed by atoms with E-state index in [2.05, 4.69) is 24.3 Å². The van der Waals surface area contributed by atoms with Gasteiger partial charge in [-0.3, -0.25) is 0 Å². The van der Waals surface area contributed by atoms with E-state index in [4.69, 9.17) is 5.73 Å². The van der Waals surface area contributed by atoms with Crippen LogP contribution in [0.4, 0.5) is 4.39 Å². The van der Waals surface area contributed by atoms with Gasteiger partial charge in [0.2, 0.25) is 0 Å². The first kappa shape index (κ1) is 17.4. The Labute approximate surface area is 159 Å². The number of fused-ring (bicyclic) bond motifs is 1. The van der Waals surface area contributed by atoms with E-state index in [-0.39, 0.29) is 0 Å². The van der Waals surface area contributed by atoms with Crippen molar-refractivity contribution in [2.45, 2.75) is 19.1 Å². The second-order valence-electron chi connectivity index (χ2n) is 6.88. The molecule has 1 atom stereocenters. The van der Waals surface area contributed by atoms with Gasteiger partial charge >= 0.3 is 0 Å². The number of nitrogens with two attached hydrogens (primary N) is 1. The summed E-state index contributed by atoms with van der Waals surface area (Å²) in [5.41, 5.74) is 10.8. The first-order chi connectivity index (χ1) is 13.2. The minimum Gasteiger partial charge on any atom is -0.326 e. The smallest absolute Gasteiger partial charge is 0.129 e. The monoisotopic (exact) mass is 355 g/mol. The largest absolute Gasteiger partial charge is 0.326 e. The second-order valence-corrected chi connectivity index (χ2v) is 6.88. The lowest BCUT2D eigenvalue weighted by molar-refractivity contribution is 0.342. The van der Waals surface area contributed by atoms with Crippen LogP contribution in [-0.4, -0.2) is 0 Å². The predicted octanol–water partition coefficient (Wildman–Crippen LogP) is 6.22. The highest BCUT2D eigenvalue weighted by molar-refractivity contribution is 5.83. The van der Waals surface area contributed by atoms with Gasteiger partial charge in [0, 0.05) is 13.0 Å². The lowest BCUT2D eigenvalue weighted by Crippen LogP contribution is -1.97. The summed E-state index contributed by atoms with van der Waals surface area (Å²) >= 11 is 0. The van der Waals surface area contributed by atoms with Crippen LogP contribution in [0.1, 0.15) is 22.9 Å². The lowest BCUT2D eigenvalue weighted by Gasteiger charge is -2.11. The SMILES string of the molecule is NCc1ccc(-c2ccc(CC(F)c3ccc4ccccc4c3)cc2)cc1. The van der Waals surface area contributed by atoms with Gasteiger partial charge in [0.05, 0.1) is 0 Å². The summed E-state index contributed by atoms with van der Waals surface area (Å²) in [6.45, 7) is 0.547. The zero-order chi connectivity index (χ0) is 18.6. The van der Waals surface area contributed by atoms with E-state index in [0.29, 0.717) is 13.0 Å². The van der Waals surface area contributed by atoms with E-state index in [1.54, 1.807) is 0 Å². The standard InChI is InChI=1S/C25H22FN/c26-25(24-14-13-20-3-1-2-4-23(20)16-24)15-18-5-9-21(10-6-18)22-11-7-19(17-27)8-12-22/h1-14,16,25H,15,17,27H2. The molecule has 0 spiro atoms. The molecule has 0 fully saturated rings. The Hall–Kier alpha value is -2.97. The zero-order valence-electron chi connectivity index (χ0n) is 15.1. The van der Waals surface area contributed by atoms with Gasteiger partial charge < -0.3 is 5.73 Å². The van der Waals surface area contributed by atoms with Crippen LogP contribution in [0.15, 0.2) is 91.0 Å². The van der Waals surface area contributed by atoms with Crippen molar-refractivity contribution in [3.05, 3.63) is 108 Å². The number of hydrogen-bond acceptors (Lipinski definition) is 1. The van der Waals surface area contributed by atoms with Crippen LogP contribution in [0.25, 0.3) is 21.9 Å². The van der Waals surface area contributed by atoms with Crippen LogP contribution >= 0.6 is 0 Å². The maximum absolute atomic E-state index is 14.8. The molecule has 0 radical (unpaired) electrons. The Morgan fingerprint density at radius 1 is 0.667 bits per heavy atom. The zero-order valence-corrected chi connectivity index (χ0v) is 15.1. The van der Waals surface area contributed by atoms with E-state index in [1.807, 2.05) is 66.7 Å². The lowest BCUT2D eigenvalue weighted by atomic mass is 9.97. The maximum Gasteiger partial charge on any atom is 0.129 e. The molecule has 4 aromatic carbocycles. The molecule has 134 valence electrons. The molecule has 0 bridgehead atoms. The molecule has 0 amide bonds. The van der Waals surface area contributed by atoms with Crippen molar-refractivity contribution in [3.63, 3.8) is 0 Å². The second kappa shape index (κ2) is 7.73. The molecule has 4 aromatic rings. The molecule has 0 saturated heterocycles. The minimum atomic E-state index is -1.01. The van der Waals surface area contributed by atoms with E-state index in [1.165, 1.54) is 0 Å². The topological polar surface area (TPSA) is 26.0 Å². The van der Waals surface area contributed by atoms with Crippen LogP contribution in [0.5, 0.6) is 0 Å². The molecule has 2 N–H and O–H groups in total. The number of rotatable bonds is 5. The Kier molecular flexibility index (Phi) is 4.99. The van der Waals surface area contributed by atoms with Gasteiger partial charge in [0.15, 0.2) is 0 Å². The van der Waals surface area contributed by atoms with Gasteiger partial charge in [-0.2, -0.15) is 0 Å². The average Bonchev–Trinajstić information content (AvgIpc) is 2.74. The summed E-state index contributed by atoms with van der Waals surface area (Å²) in [5, 5.41) is 2.22. The van der Waals surface area contributed by atoms with Crippen LogP contribution < -0.4 is 5.73 Å². The first-order valence-corrected chi connectivity index (χ1v) is 9.24. The summed E-state index contributed by atoms with van der Waals surface area (Å²) in [7, 11) is 0. The van der Waals surface area contributed by atoms with E-state index >= 15 is 0 Å². The van der Waals surface area contributed by atoms with Crippen molar-refractivity contribution in [2.75, 3.05) is 0 Å². The Bertz CT molecular complexity index is 1040. The van der Waals surface area contributed by atoms with E-state index in [0.717, 1.165) is 38.6 Å². The average molecular weight is 355 g/mol. The number of benzene rings is 4. The molecule has 0 aliphatic heterocycles. The summed E-state index contributed by atoms with van der Waals surface area (Å²) in [4.78, 5) is 0. The van der Waals surface area contributed by atoms with E-state index in [9.17, 15) is 4.39 Å². The van der Waals surface area contributed by atoms with Gasteiger partial charge in [-0.25, -0.2) is 4.39 Å². The third-order valence-corrected chi connectivity index (χ3v) is 5.03. The Balaban J connectivity index is 1.49. The molecule has 0 aliphatic rings. The molecule has 1 unspecified atom stereocenters. The third-order valence-electron chi connectivity index (χ3n) is 5.03. The molecule has 0 aliphatic carbocycles. The van der Waals surface area contributed by atoms with Gasteiger partial charge in [-0.1, -0.05) is 84.9 Å². The van der Waals surface area contributed by atoms with Gasteiger partial charge in [-0.15, -0.1) is 0 Å². The highest BCUT2D eigenvalue weighted by atomic mass is 19.1. The number of hydrogen-bond donors (Lipinski definition) is 1. The predicted molar refractivity (Wildman–Crippen MR) is 111 cm³/mol. The highest BCUT2D eigenvalue weighted by Crippen LogP contribution is 2.27. The van der Waals surface area contributed by atoms with Crippen LogP contribution in [0.2, 0.25) is 0 Å². The summed E-state index contributed by atoms with van der Waals surface area (Å²) < 4.78 is 14.8. The normalized spacial score (nSPS) is 12.2. The fraction of sp³-hybridized carbons (Fsp3) is 0.120. The van der Waals surface area contributed by atoms with Crippen molar-refractivity contribution in [1.82, 2.24) is 0 Å². The van der Waals surface area contributed by atoms with E-state index < -0.39 is 6.17 Å². The molecule has 27 heavy (non-hydrogen) atoms. The highest BCUT2D eigenvalue weighted by Gasteiger charge is 2.11. The molecule has 4 rings (SSSR count). The van der Waals surface area contributed by atoms with Crippen LogP contribution in [-0.2, 0) is 13.0 Å². The Morgan fingerprint density at radius 3 is 1.89 bits per heavy atom. The van der Waals surface area contributed by atoms with Crippen molar-refractivity contribution >= 4 is 10.8 Å². The van der Waals surface area contributed by atoms with Gasteiger partial charge in [0.25, 0.3) is 0 Å². The number of halogens is 1. The fourth-order valence-corrected chi connectivity index (χ4v) is 3.39. The van der Waals surface area contributed by atoms with Crippen molar-refractivity contribution in [2.24, 2.45) is 5.73 Å². The van der Waals surface area contributed by atoms with Gasteiger partial charge in [-0.05, 0) is 44.7 Å². The van der Waals surface area contributed by atoms with Crippen LogP contribution in [0, 0.1) is 0 Å². The third kappa shape index (κ3) is 3.91. The fourth-order valence-electron chi connectivity index (χ4n) is 3.39. The quantitative estimate of drug-likeness (QED) is 0.452. The van der Waals surface area contributed by atoms with Crippen molar-refractivity contribution < 1.29 is 4.39 Å².